The number of hydrogen-bond donors (Lipinski definition) is 1. The zero-order valence-corrected chi connectivity index (χ0v) is 16.5. The lowest BCUT2D eigenvalue weighted by molar-refractivity contribution is -0.393. The molecule has 9 nitrogen and oxygen atoms in total. The molecule has 26 heavy (non-hydrogen) atoms. The van der Waals surface area contributed by atoms with E-state index in [2.05, 4.69) is 42.4 Å². The number of benzene rings is 2. The predicted molar refractivity (Wildman–Crippen MR) is 104 cm³/mol. The van der Waals surface area contributed by atoms with Gasteiger partial charge >= 0.3 is 5.69 Å². The third kappa shape index (κ3) is 4.76. The molecule has 0 spiro atoms. The largest absolute Gasteiger partial charge is 0.492 e. The van der Waals surface area contributed by atoms with Gasteiger partial charge in [-0.1, -0.05) is 0 Å². The van der Waals surface area contributed by atoms with Crippen LogP contribution in [0.4, 0.5) is 17.1 Å². The number of nitrogens with zero attached hydrogens (tertiary/aromatic N) is 3. The molecule has 0 heterocycles. The number of nitro groups is 2. The van der Waals surface area contributed by atoms with E-state index in [1.807, 2.05) is 6.92 Å². The highest BCUT2D eigenvalue weighted by molar-refractivity contribution is 9.11. The zero-order chi connectivity index (χ0) is 19.3. The monoisotopic (exact) mass is 486 g/mol. The molecule has 0 atom stereocenters. The summed E-state index contributed by atoms with van der Waals surface area (Å²) >= 11 is 6.80. The molecule has 0 aliphatic heterocycles. The number of rotatable bonds is 7. The molecule has 136 valence electrons. The zero-order valence-electron chi connectivity index (χ0n) is 13.3. The molecule has 2 rings (SSSR count). The molecule has 0 aromatic heterocycles. The molecule has 0 aliphatic rings. The van der Waals surface area contributed by atoms with Gasteiger partial charge in [0.25, 0.3) is 5.69 Å². The maximum Gasteiger partial charge on any atom is 0.301 e. The van der Waals surface area contributed by atoms with Crippen LogP contribution < -0.4 is 10.2 Å². The number of nitrogens with one attached hydrogen (secondary N) is 1. The minimum Gasteiger partial charge on any atom is -0.492 e. The molecule has 1 N–H and O–H groups in total. The van der Waals surface area contributed by atoms with E-state index in [0.717, 1.165) is 21.1 Å². The first-order valence-corrected chi connectivity index (χ1v) is 8.75. The number of non-ortho nitro benzene ring substituents is 1. The average Bonchev–Trinajstić information content (AvgIpc) is 2.58. The van der Waals surface area contributed by atoms with E-state index in [1.165, 1.54) is 12.3 Å². The van der Waals surface area contributed by atoms with Gasteiger partial charge in [0, 0.05) is 6.07 Å². The molecular formula is C15H12Br2N4O5. The Hall–Kier alpha value is -2.53. The Balaban J connectivity index is 2.23. The van der Waals surface area contributed by atoms with Gasteiger partial charge in [-0.15, -0.1) is 0 Å². The van der Waals surface area contributed by atoms with Gasteiger partial charge in [-0.2, -0.15) is 5.10 Å². The van der Waals surface area contributed by atoms with Gasteiger partial charge in [0.1, 0.15) is 11.4 Å². The summed E-state index contributed by atoms with van der Waals surface area (Å²) in [6.45, 7) is 2.38. The van der Waals surface area contributed by atoms with E-state index in [4.69, 9.17) is 4.74 Å². The van der Waals surface area contributed by atoms with E-state index in [1.54, 1.807) is 12.1 Å². The molecular weight excluding hydrogens is 476 g/mol. The second kappa shape index (κ2) is 8.72. The summed E-state index contributed by atoms with van der Waals surface area (Å²) in [5.74, 6) is 0.656. The smallest absolute Gasteiger partial charge is 0.301 e. The molecule has 0 radical (unpaired) electrons. The minimum atomic E-state index is -0.713. The third-order valence-corrected chi connectivity index (χ3v) is 4.27. The van der Waals surface area contributed by atoms with Crippen LogP contribution in [0, 0.1) is 20.2 Å². The van der Waals surface area contributed by atoms with Crippen LogP contribution in [0.5, 0.6) is 5.75 Å². The van der Waals surface area contributed by atoms with Crippen molar-refractivity contribution in [3.8, 4) is 5.75 Å². The third-order valence-electron chi connectivity index (χ3n) is 3.10. The Morgan fingerprint density at radius 2 is 1.81 bits per heavy atom. The first-order chi connectivity index (χ1) is 12.3. The molecule has 0 bridgehead atoms. The molecule has 0 saturated carbocycles. The topological polar surface area (TPSA) is 120 Å². The van der Waals surface area contributed by atoms with E-state index in [9.17, 15) is 20.2 Å². The van der Waals surface area contributed by atoms with E-state index in [0.29, 0.717) is 17.9 Å². The SMILES string of the molecule is CCOc1c(Br)cc(/C=N\Nc2ccc([N+](=O)[O-])cc2[N+](=O)[O-])cc1Br. The molecule has 0 fully saturated rings. The molecule has 0 aliphatic carbocycles. The summed E-state index contributed by atoms with van der Waals surface area (Å²) < 4.78 is 6.92. The first kappa shape index (κ1) is 19.8. The minimum absolute atomic E-state index is 0.0425. The van der Waals surface area contributed by atoms with Crippen molar-refractivity contribution in [1.29, 1.82) is 0 Å². The summed E-state index contributed by atoms with van der Waals surface area (Å²) in [6, 6.07) is 6.81. The number of ether oxygens (including phenoxy) is 1. The van der Waals surface area contributed by atoms with Crippen LogP contribution in [0.1, 0.15) is 12.5 Å². The molecule has 11 heteroatoms. The fourth-order valence-electron chi connectivity index (χ4n) is 1.99. The van der Waals surface area contributed by atoms with Crippen LogP contribution in [0.3, 0.4) is 0 Å². The fraction of sp³-hybridized carbons (Fsp3) is 0.133. The maximum absolute atomic E-state index is 11.1. The van der Waals surface area contributed by atoms with E-state index in [-0.39, 0.29) is 11.4 Å². The lowest BCUT2D eigenvalue weighted by atomic mass is 10.2. The van der Waals surface area contributed by atoms with E-state index < -0.39 is 15.5 Å². The highest BCUT2D eigenvalue weighted by Gasteiger charge is 2.19. The van der Waals surface area contributed by atoms with Gasteiger partial charge in [-0.25, -0.2) is 0 Å². The molecule has 0 unspecified atom stereocenters. The summed E-state index contributed by atoms with van der Waals surface area (Å²) in [5.41, 5.74) is 2.46. The van der Waals surface area contributed by atoms with Gasteiger partial charge in [0.2, 0.25) is 0 Å². The van der Waals surface area contributed by atoms with Crippen molar-refractivity contribution >= 4 is 55.1 Å². The summed E-state index contributed by atoms with van der Waals surface area (Å²) in [4.78, 5) is 20.4. The fourth-order valence-corrected chi connectivity index (χ4v) is 3.44. The van der Waals surface area contributed by atoms with Crippen LogP contribution in [-0.4, -0.2) is 22.7 Å². The number of nitro benzene ring substituents is 2. The molecule has 0 saturated heterocycles. The number of anilines is 1. The normalized spacial score (nSPS) is 10.7. The van der Waals surface area contributed by atoms with Gasteiger partial charge in [0.15, 0.2) is 0 Å². The van der Waals surface area contributed by atoms with Crippen molar-refractivity contribution in [2.75, 3.05) is 12.0 Å². The van der Waals surface area contributed by atoms with Crippen molar-refractivity contribution < 1.29 is 14.6 Å². The number of hydrazone groups is 1. The van der Waals surface area contributed by atoms with Crippen LogP contribution in [0.2, 0.25) is 0 Å². The average molecular weight is 488 g/mol. The lowest BCUT2D eigenvalue weighted by Crippen LogP contribution is -1.99. The van der Waals surface area contributed by atoms with E-state index >= 15 is 0 Å². The Morgan fingerprint density at radius 1 is 1.15 bits per heavy atom. The molecule has 2 aromatic carbocycles. The quantitative estimate of drug-likeness (QED) is 0.337. The van der Waals surface area contributed by atoms with Crippen molar-refractivity contribution in [3.63, 3.8) is 0 Å². The Bertz CT molecular complexity index is 865. The first-order valence-electron chi connectivity index (χ1n) is 7.17. The van der Waals surface area contributed by atoms with Crippen LogP contribution >= 0.6 is 31.9 Å². The standard InChI is InChI=1S/C15H12Br2N4O5/c1-2-26-15-11(16)5-9(6-12(15)17)8-18-19-13-4-3-10(20(22)23)7-14(13)21(24)25/h3-8,19H,2H2,1H3/b18-8-. The van der Waals surface area contributed by atoms with Gasteiger partial charge in [-0.3, -0.25) is 25.7 Å². The van der Waals surface area contributed by atoms with Gasteiger partial charge in [-0.05, 0) is 62.5 Å². The van der Waals surface area contributed by atoms with Gasteiger partial charge in [0.05, 0.1) is 37.7 Å². The summed E-state index contributed by atoms with van der Waals surface area (Å²) in [7, 11) is 0. The number of hydrogen-bond acceptors (Lipinski definition) is 7. The molecule has 2 aromatic rings. The number of halogens is 2. The van der Waals surface area contributed by atoms with Crippen molar-refractivity contribution in [2.45, 2.75) is 6.92 Å². The molecule has 0 amide bonds. The van der Waals surface area contributed by atoms with Gasteiger partial charge < -0.3 is 4.74 Å². The highest BCUT2D eigenvalue weighted by atomic mass is 79.9. The highest BCUT2D eigenvalue weighted by Crippen LogP contribution is 2.34. The Labute approximate surface area is 164 Å². The predicted octanol–water partition coefficient (Wildman–Crippen LogP) is 4.87. The van der Waals surface area contributed by atoms with Crippen molar-refractivity contribution in [2.24, 2.45) is 5.10 Å². The maximum atomic E-state index is 11.1. The van der Waals surface area contributed by atoms with Crippen LogP contribution in [0.15, 0.2) is 44.4 Å². The van der Waals surface area contributed by atoms with Crippen LogP contribution in [0.25, 0.3) is 0 Å². The Morgan fingerprint density at radius 3 is 2.35 bits per heavy atom. The second-order valence-electron chi connectivity index (χ2n) is 4.83. The van der Waals surface area contributed by atoms with Crippen molar-refractivity contribution in [3.05, 3.63) is 65.1 Å². The summed E-state index contributed by atoms with van der Waals surface area (Å²) in [6.07, 6.45) is 1.45. The van der Waals surface area contributed by atoms with Crippen molar-refractivity contribution in [1.82, 2.24) is 0 Å². The summed E-state index contributed by atoms with van der Waals surface area (Å²) in [5, 5.41) is 25.8. The lowest BCUT2D eigenvalue weighted by Gasteiger charge is -2.09. The Kier molecular flexibility index (Phi) is 6.64. The van der Waals surface area contributed by atoms with Crippen LogP contribution in [-0.2, 0) is 0 Å². The second-order valence-corrected chi connectivity index (χ2v) is 6.54.